The summed E-state index contributed by atoms with van der Waals surface area (Å²) in [6, 6.07) is 9.63. The number of aryl methyl sites for hydroxylation is 1. The Bertz CT molecular complexity index is 695. The van der Waals surface area contributed by atoms with Gasteiger partial charge >= 0.3 is 5.97 Å². The van der Waals surface area contributed by atoms with Crippen LogP contribution in [-0.4, -0.2) is 22.0 Å². The molecule has 0 bridgehead atoms. The van der Waals surface area contributed by atoms with E-state index in [9.17, 15) is 9.59 Å². The molecule has 0 spiro atoms. The number of carbonyl (C=O) groups is 2. The number of aliphatic hydroxyl groups excluding tert-OH is 1. The van der Waals surface area contributed by atoms with Crippen molar-refractivity contribution in [1.82, 2.24) is 0 Å². The standard InChI is InChI=1S/C16H14O4S/c1-10-2-4-11(5-3-10)8-15-12(6-7-21-15)13(17)9-14(18)16(19)20/h2-7,9,18H,8H2,1H3,(H,19,20). The van der Waals surface area contributed by atoms with E-state index < -0.39 is 17.5 Å². The van der Waals surface area contributed by atoms with Gasteiger partial charge < -0.3 is 10.2 Å². The number of benzene rings is 1. The van der Waals surface area contributed by atoms with Crippen LogP contribution < -0.4 is 0 Å². The Morgan fingerprint density at radius 2 is 1.81 bits per heavy atom. The minimum absolute atomic E-state index is 0.424. The van der Waals surface area contributed by atoms with Crippen molar-refractivity contribution in [1.29, 1.82) is 0 Å². The van der Waals surface area contributed by atoms with Crippen molar-refractivity contribution >= 4 is 23.1 Å². The van der Waals surface area contributed by atoms with Gasteiger partial charge in [-0.2, -0.15) is 0 Å². The van der Waals surface area contributed by atoms with Gasteiger partial charge in [0.2, 0.25) is 5.76 Å². The van der Waals surface area contributed by atoms with E-state index in [0.717, 1.165) is 22.1 Å². The third-order valence-corrected chi connectivity index (χ3v) is 3.90. The number of allylic oxidation sites excluding steroid dienone is 1. The number of aliphatic carboxylic acids is 1. The van der Waals surface area contributed by atoms with E-state index in [4.69, 9.17) is 10.2 Å². The van der Waals surface area contributed by atoms with Crippen molar-refractivity contribution in [2.75, 3.05) is 0 Å². The van der Waals surface area contributed by atoms with Gasteiger partial charge in [0.25, 0.3) is 0 Å². The first kappa shape index (κ1) is 15.0. The molecule has 0 unspecified atom stereocenters. The summed E-state index contributed by atoms with van der Waals surface area (Å²) in [6.45, 7) is 2.00. The van der Waals surface area contributed by atoms with Crippen molar-refractivity contribution in [3.05, 3.63) is 69.1 Å². The van der Waals surface area contributed by atoms with Gasteiger partial charge in [-0.25, -0.2) is 4.79 Å². The van der Waals surface area contributed by atoms with E-state index in [1.807, 2.05) is 31.2 Å². The van der Waals surface area contributed by atoms with Crippen LogP contribution in [0.1, 0.15) is 26.4 Å². The quantitative estimate of drug-likeness (QED) is 0.504. The maximum Gasteiger partial charge on any atom is 0.371 e. The maximum absolute atomic E-state index is 12.0. The largest absolute Gasteiger partial charge is 0.502 e. The van der Waals surface area contributed by atoms with Gasteiger partial charge in [-0.3, -0.25) is 4.79 Å². The van der Waals surface area contributed by atoms with Crippen LogP contribution in [0, 0.1) is 6.92 Å². The smallest absolute Gasteiger partial charge is 0.371 e. The summed E-state index contributed by atoms with van der Waals surface area (Å²) in [4.78, 5) is 23.4. The molecule has 0 aliphatic carbocycles. The molecule has 1 heterocycles. The van der Waals surface area contributed by atoms with E-state index in [-0.39, 0.29) is 0 Å². The number of hydrogen-bond donors (Lipinski definition) is 2. The molecule has 2 rings (SSSR count). The highest BCUT2D eigenvalue weighted by molar-refractivity contribution is 7.10. The zero-order valence-corrected chi connectivity index (χ0v) is 12.2. The lowest BCUT2D eigenvalue weighted by molar-refractivity contribution is -0.135. The van der Waals surface area contributed by atoms with Crippen LogP contribution in [0.5, 0.6) is 0 Å². The molecular weight excluding hydrogens is 288 g/mol. The summed E-state index contributed by atoms with van der Waals surface area (Å²) in [5.74, 6) is -2.97. The molecular formula is C16H14O4S. The van der Waals surface area contributed by atoms with Crippen LogP contribution in [0.4, 0.5) is 0 Å². The second kappa shape index (κ2) is 6.37. The molecule has 0 aliphatic heterocycles. The summed E-state index contributed by atoms with van der Waals surface area (Å²) < 4.78 is 0. The first-order chi connectivity index (χ1) is 9.97. The van der Waals surface area contributed by atoms with Crippen LogP contribution in [0.25, 0.3) is 0 Å². The minimum Gasteiger partial charge on any atom is -0.502 e. The molecule has 2 N–H and O–H groups in total. The fourth-order valence-corrected chi connectivity index (χ4v) is 2.77. The number of carboxylic acids is 1. The molecule has 1 aromatic heterocycles. The number of aliphatic hydroxyl groups is 1. The average molecular weight is 302 g/mol. The molecule has 0 fully saturated rings. The molecule has 21 heavy (non-hydrogen) atoms. The van der Waals surface area contributed by atoms with Crippen LogP contribution in [0.2, 0.25) is 0 Å². The summed E-state index contributed by atoms with van der Waals surface area (Å²) >= 11 is 1.43. The fourth-order valence-electron chi connectivity index (χ4n) is 1.85. The Kier molecular flexibility index (Phi) is 4.55. The topological polar surface area (TPSA) is 74.6 Å². The number of ketones is 1. The average Bonchev–Trinajstić information content (AvgIpc) is 2.89. The molecule has 0 aliphatic rings. The van der Waals surface area contributed by atoms with Gasteiger partial charge in [-0.05, 0) is 23.9 Å². The van der Waals surface area contributed by atoms with Gasteiger partial charge in [0.1, 0.15) is 0 Å². The van der Waals surface area contributed by atoms with E-state index >= 15 is 0 Å². The SMILES string of the molecule is Cc1ccc(Cc2sccc2C(=O)C=C(O)C(=O)O)cc1. The van der Waals surface area contributed by atoms with Gasteiger partial charge in [0.05, 0.1) is 0 Å². The lowest BCUT2D eigenvalue weighted by Gasteiger charge is -2.03. The van der Waals surface area contributed by atoms with Gasteiger partial charge in [-0.1, -0.05) is 29.8 Å². The Morgan fingerprint density at radius 1 is 1.14 bits per heavy atom. The number of carbonyl (C=O) groups excluding carboxylic acids is 1. The van der Waals surface area contributed by atoms with Crippen molar-refractivity contribution < 1.29 is 19.8 Å². The van der Waals surface area contributed by atoms with E-state index in [2.05, 4.69) is 0 Å². The fraction of sp³-hybridized carbons (Fsp3) is 0.125. The molecule has 0 atom stereocenters. The third kappa shape index (κ3) is 3.79. The lowest BCUT2D eigenvalue weighted by Crippen LogP contribution is -2.04. The van der Waals surface area contributed by atoms with E-state index in [1.54, 1.807) is 11.4 Å². The molecule has 0 amide bonds. The second-order valence-electron chi connectivity index (χ2n) is 4.62. The van der Waals surface area contributed by atoms with Crippen LogP contribution in [-0.2, 0) is 11.2 Å². The summed E-state index contributed by atoms with van der Waals surface area (Å²) in [5, 5.41) is 19.5. The Balaban J connectivity index is 2.22. The highest BCUT2D eigenvalue weighted by atomic mass is 32.1. The van der Waals surface area contributed by atoms with Crippen LogP contribution >= 0.6 is 11.3 Å². The Hall–Kier alpha value is -2.40. The molecule has 0 saturated heterocycles. The van der Waals surface area contributed by atoms with Crippen molar-refractivity contribution in [3.63, 3.8) is 0 Å². The van der Waals surface area contributed by atoms with Crippen LogP contribution in [0.15, 0.2) is 47.5 Å². The summed E-state index contributed by atoms with van der Waals surface area (Å²) in [7, 11) is 0. The molecule has 5 heteroatoms. The predicted molar refractivity (Wildman–Crippen MR) is 81.0 cm³/mol. The molecule has 0 radical (unpaired) electrons. The number of carboxylic acid groups (broad SMARTS) is 1. The zero-order valence-electron chi connectivity index (χ0n) is 11.4. The zero-order chi connectivity index (χ0) is 15.4. The maximum atomic E-state index is 12.0. The third-order valence-electron chi connectivity index (χ3n) is 2.98. The normalized spacial score (nSPS) is 11.4. The lowest BCUT2D eigenvalue weighted by atomic mass is 10.0. The molecule has 1 aromatic carbocycles. The van der Waals surface area contributed by atoms with Crippen molar-refractivity contribution in [3.8, 4) is 0 Å². The Labute approximate surface area is 126 Å². The first-order valence-corrected chi connectivity index (χ1v) is 7.15. The highest BCUT2D eigenvalue weighted by Crippen LogP contribution is 2.22. The van der Waals surface area contributed by atoms with Gasteiger partial charge in [0, 0.05) is 22.9 Å². The minimum atomic E-state index is -1.52. The monoisotopic (exact) mass is 302 g/mol. The number of hydrogen-bond acceptors (Lipinski definition) is 4. The van der Waals surface area contributed by atoms with Gasteiger partial charge in [-0.15, -0.1) is 11.3 Å². The van der Waals surface area contributed by atoms with Crippen LogP contribution in [0.3, 0.4) is 0 Å². The molecule has 4 nitrogen and oxygen atoms in total. The van der Waals surface area contributed by atoms with E-state index in [0.29, 0.717) is 12.0 Å². The first-order valence-electron chi connectivity index (χ1n) is 6.27. The molecule has 108 valence electrons. The highest BCUT2D eigenvalue weighted by Gasteiger charge is 2.14. The predicted octanol–water partition coefficient (Wildman–Crippen LogP) is 3.36. The van der Waals surface area contributed by atoms with E-state index in [1.165, 1.54) is 11.3 Å². The Morgan fingerprint density at radius 3 is 2.43 bits per heavy atom. The summed E-state index contributed by atoms with van der Waals surface area (Å²) in [6.07, 6.45) is 1.34. The summed E-state index contributed by atoms with van der Waals surface area (Å²) in [5.41, 5.74) is 2.66. The number of rotatable bonds is 5. The van der Waals surface area contributed by atoms with Crippen molar-refractivity contribution in [2.24, 2.45) is 0 Å². The van der Waals surface area contributed by atoms with Gasteiger partial charge in [0.15, 0.2) is 5.78 Å². The second-order valence-corrected chi connectivity index (χ2v) is 5.62. The van der Waals surface area contributed by atoms with Crippen molar-refractivity contribution in [2.45, 2.75) is 13.3 Å². The molecule has 0 saturated carbocycles. The number of thiophene rings is 1. The molecule has 2 aromatic rings.